The van der Waals surface area contributed by atoms with Gasteiger partial charge in [-0.1, -0.05) is 62.2 Å². The number of hydrogen-bond donors (Lipinski definition) is 3. The van der Waals surface area contributed by atoms with E-state index in [1.807, 2.05) is 30.3 Å². The van der Waals surface area contributed by atoms with Crippen molar-refractivity contribution < 1.29 is 9.90 Å². The first-order valence-corrected chi connectivity index (χ1v) is 10.3. The highest BCUT2D eigenvalue weighted by Crippen LogP contribution is 2.30. The lowest BCUT2D eigenvalue weighted by molar-refractivity contribution is 0.262. The summed E-state index contributed by atoms with van der Waals surface area (Å²) in [5.41, 5.74) is 2.86. The van der Waals surface area contributed by atoms with Gasteiger partial charge in [0.25, 0.3) is 0 Å². The van der Waals surface area contributed by atoms with Crippen molar-refractivity contribution in [1.82, 2.24) is 9.78 Å². The van der Waals surface area contributed by atoms with E-state index in [1.54, 1.807) is 22.9 Å². The van der Waals surface area contributed by atoms with Crippen LogP contribution in [0.5, 0.6) is 0 Å². The summed E-state index contributed by atoms with van der Waals surface area (Å²) in [5.74, 6) is 0.519. The molecular formula is C22H24Cl2N4O2. The number of urea groups is 1. The van der Waals surface area contributed by atoms with Gasteiger partial charge in [-0.2, -0.15) is 5.10 Å². The predicted molar refractivity (Wildman–Crippen MR) is 122 cm³/mol. The van der Waals surface area contributed by atoms with Crippen LogP contribution in [0.3, 0.4) is 0 Å². The van der Waals surface area contributed by atoms with Gasteiger partial charge in [-0.3, -0.25) is 5.32 Å². The number of carbonyl (C=O) groups is 1. The van der Waals surface area contributed by atoms with Gasteiger partial charge >= 0.3 is 6.03 Å². The van der Waals surface area contributed by atoms with Gasteiger partial charge in [0.2, 0.25) is 0 Å². The topological polar surface area (TPSA) is 79.2 Å². The Morgan fingerprint density at radius 3 is 2.43 bits per heavy atom. The van der Waals surface area contributed by atoms with Gasteiger partial charge in [0, 0.05) is 18.1 Å². The Morgan fingerprint density at radius 2 is 1.80 bits per heavy atom. The van der Waals surface area contributed by atoms with Gasteiger partial charge in [-0.05, 0) is 36.2 Å². The number of carbonyl (C=O) groups excluding carboxylic acids is 1. The van der Waals surface area contributed by atoms with Crippen LogP contribution in [0.4, 0.5) is 16.3 Å². The summed E-state index contributed by atoms with van der Waals surface area (Å²) in [6.07, 6.45) is 0.584. The fraction of sp³-hybridized carbons (Fsp3) is 0.273. The number of hydrogen-bond acceptors (Lipinski definition) is 3. The SMILES string of the molecule is CC(C)(C)c1cc(NC(=O)Nc2cccc(Cl)c2Cl)n(-c2ccc(CCO)cc2)n1. The molecule has 0 aliphatic carbocycles. The second-order valence-electron chi connectivity index (χ2n) is 7.90. The Morgan fingerprint density at radius 1 is 1.10 bits per heavy atom. The third kappa shape index (κ3) is 5.14. The minimum atomic E-state index is -0.460. The number of aromatic nitrogens is 2. The van der Waals surface area contributed by atoms with E-state index >= 15 is 0 Å². The zero-order valence-electron chi connectivity index (χ0n) is 17.0. The molecule has 1 aromatic heterocycles. The summed E-state index contributed by atoms with van der Waals surface area (Å²) in [5, 5.41) is 20.0. The summed E-state index contributed by atoms with van der Waals surface area (Å²) in [6.45, 7) is 6.26. The number of anilines is 2. The molecule has 2 amide bonds. The molecule has 3 N–H and O–H groups in total. The first kappa shape index (κ1) is 22.2. The molecule has 0 bridgehead atoms. The van der Waals surface area contributed by atoms with Crippen molar-refractivity contribution in [3.05, 3.63) is 69.8 Å². The van der Waals surface area contributed by atoms with Crippen LogP contribution in [-0.2, 0) is 11.8 Å². The van der Waals surface area contributed by atoms with Crippen LogP contribution in [0.2, 0.25) is 10.0 Å². The summed E-state index contributed by atoms with van der Waals surface area (Å²) in [4.78, 5) is 12.6. The maximum Gasteiger partial charge on any atom is 0.324 e. The van der Waals surface area contributed by atoms with Crippen LogP contribution >= 0.6 is 23.2 Å². The molecule has 0 saturated carbocycles. The van der Waals surface area contributed by atoms with Crippen LogP contribution in [0, 0.1) is 0 Å². The molecule has 3 aromatic rings. The van der Waals surface area contributed by atoms with Crippen molar-refractivity contribution in [1.29, 1.82) is 0 Å². The molecule has 0 fully saturated rings. The summed E-state index contributed by atoms with van der Waals surface area (Å²) in [6, 6.07) is 14.1. The zero-order valence-corrected chi connectivity index (χ0v) is 18.6. The molecule has 0 atom stereocenters. The molecule has 0 radical (unpaired) electrons. The number of halogens is 2. The minimum Gasteiger partial charge on any atom is -0.396 e. The molecule has 0 aliphatic rings. The average Bonchev–Trinajstić information content (AvgIpc) is 3.10. The molecule has 0 unspecified atom stereocenters. The number of aliphatic hydroxyl groups is 1. The van der Waals surface area contributed by atoms with Crippen molar-refractivity contribution in [2.24, 2.45) is 0 Å². The molecule has 0 spiro atoms. The highest BCUT2D eigenvalue weighted by Gasteiger charge is 2.22. The van der Waals surface area contributed by atoms with Crippen LogP contribution in [0.15, 0.2) is 48.5 Å². The van der Waals surface area contributed by atoms with E-state index in [0.717, 1.165) is 16.9 Å². The molecule has 3 rings (SSSR count). The minimum absolute atomic E-state index is 0.0916. The Kier molecular flexibility index (Phi) is 6.71. The molecule has 158 valence electrons. The summed E-state index contributed by atoms with van der Waals surface area (Å²) < 4.78 is 1.68. The van der Waals surface area contributed by atoms with E-state index in [2.05, 4.69) is 31.4 Å². The number of benzene rings is 2. The maximum atomic E-state index is 12.6. The Labute approximate surface area is 185 Å². The Hall–Kier alpha value is -2.54. The lowest BCUT2D eigenvalue weighted by atomic mass is 9.92. The number of amides is 2. The molecule has 8 heteroatoms. The lowest BCUT2D eigenvalue weighted by Crippen LogP contribution is -2.21. The smallest absolute Gasteiger partial charge is 0.324 e. The predicted octanol–water partition coefficient (Wildman–Crippen LogP) is 5.66. The Bertz CT molecular complexity index is 1040. The van der Waals surface area contributed by atoms with Gasteiger partial charge < -0.3 is 10.4 Å². The van der Waals surface area contributed by atoms with E-state index in [-0.39, 0.29) is 17.0 Å². The average molecular weight is 447 g/mol. The molecule has 6 nitrogen and oxygen atoms in total. The molecule has 2 aromatic carbocycles. The number of aliphatic hydroxyl groups excluding tert-OH is 1. The van der Waals surface area contributed by atoms with E-state index in [0.29, 0.717) is 22.9 Å². The first-order valence-electron chi connectivity index (χ1n) is 9.52. The van der Waals surface area contributed by atoms with E-state index in [9.17, 15) is 4.79 Å². The van der Waals surface area contributed by atoms with Crippen molar-refractivity contribution in [3.8, 4) is 5.69 Å². The fourth-order valence-corrected chi connectivity index (χ4v) is 3.18. The van der Waals surface area contributed by atoms with Gasteiger partial charge in [0.15, 0.2) is 0 Å². The maximum absolute atomic E-state index is 12.6. The largest absolute Gasteiger partial charge is 0.396 e. The van der Waals surface area contributed by atoms with E-state index < -0.39 is 6.03 Å². The summed E-state index contributed by atoms with van der Waals surface area (Å²) in [7, 11) is 0. The van der Waals surface area contributed by atoms with Crippen LogP contribution in [0.25, 0.3) is 5.69 Å². The second-order valence-corrected chi connectivity index (χ2v) is 8.68. The molecule has 0 saturated heterocycles. The standard InChI is InChI=1S/C22H24Cl2N4O2/c1-22(2,3)18-13-19(26-21(30)25-17-6-4-5-16(23)20(17)24)28(27-18)15-9-7-14(8-10-15)11-12-29/h4-10,13,29H,11-12H2,1-3H3,(H2,25,26,30). The highest BCUT2D eigenvalue weighted by atomic mass is 35.5. The Balaban J connectivity index is 1.90. The van der Waals surface area contributed by atoms with Crippen LogP contribution in [-0.4, -0.2) is 27.5 Å². The molecule has 1 heterocycles. The third-order valence-electron chi connectivity index (χ3n) is 4.50. The van der Waals surface area contributed by atoms with Gasteiger partial charge in [-0.25, -0.2) is 9.48 Å². The van der Waals surface area contributed by atoms with Crippen LogP contribution in [0.1, 0.15) is 32.0 Å². The monoisotopic (exact) mass is 446 g/mol. The zero-order chi connectivity index (χ0) is 21.9. The number of rotatable bonds is 5. The van der Waals surface area contributed by atoms with Crippen molar-refractivity contribution >= 4 is 40.7 Å². The van der Waals surface area contributed by atoms with Gasteiger partial charge in [-0.15, -0.1) is 0 Å². The molecule has 0 aliphatic heterocycles. The van der Waals surface area contributed by atoms with Crippen molar-refractivity contribution in [2.45, 2.75) is 32.6 Å². The first-order chi connectivity index (χ1) is 14.2. The summed E-state index contributed by atoms with van der Waals surface area (Å²) >= 11 is 12.2. The molecule has 30 heavy (non-hydrogen) atoms. The third-order valence-corrected chi connectivity index (χ3v) is 5.32. The highest BCUT2D eigenvalue weighted by molar-refractivity contribution is 6.44. The van der Waals surface area contributed by atoms with Gasteiger partial charge in [0.1, 0.15) is 5.82 Å². The van der Waals surface area contributed by atoms with Crippen LogP contribution < -0.4 is 10.6 Å². The normalized spacial score (nSPS) is 11.4. The quantitative estimate of drug-likeness (QED) is 0.473. The number of nitrogens with one attached hydrogen (secondary N) is 2. The van der Waals surface area contributed by atoms with Crippen molar-refractivity contribution in [3.63, 3.8) is 0 Å². The fourth-order valence-electron chi connectivity index (χ4n) is 2.84. The molecular weight excluding hydrogens is 423 g/mol. The van der Waals surface area contributed by atoms with Gasteiger partial charge in [0.05, 0.1) is 27.1 Å². The lowest BCUT2D eigenvalue weighted by Gasteiger charge is -2.14. The van der Waals surface area contributed by atoms with Crippen molar-refractivity contribution in [2.75, 3.05) is 17.2 Å². The van der Waals surface area contributed by atoms with E-state index in [1.165, 1.54) is 0 Å². The number of nitrogens with zero attached hydrogens (tertiary/aromatic N) is 2. The second kappa shape index (κ2) is 9.08. The van der Waals surface area contributed by atoms with E-state index in [4.69, 9.17) is 33.4 Å².